The molecule has 4 saturated carbocycles. The van der Waals surface area contributed by atoms with Crippen molar-refractivity contribution in [1.82, 2.24) is 58.1 Å². The minimum atomic E-state index is 0.459. The van der Waals surface area contributed by atoms with Crippen LogP contribution in [0.15, 0.2) is 183 Å². The molecule has 13 aromatic rings. The van der Waals surface area contributed by atoms with Gasteiger partial charge in [0, 0.05) is 143 Å². The van der Waals surface area contributed by atoms with E-state index in [9.17, 15) is 0 Å². The Morgan fingerprint density at radius 3 is 0.945 bits per heavy atom. The lowest BCUT2D eigenvalue weighted by Gasteiger charge is -2.29. The van der Waals surface area contributed by atoms with Gasteiger partial charge in [-0.1, -0.05) is 198 Å². The van der Waals surface area contributed by atoms with Gasteiger partial charge >= 0.3 is 0 Å². The van der Waals surface area contributed by atoms with E-state index in [1.807, 2.05) is 36.9 Å². The van der Waals surface area contributed by atoms with Gasteiger partial charge in [0.1, 0.15) is 22.6 Å². The molecule has 5 fully saturated rings. The first-order chi connectivity index (χ1) is 53.7. The second kappa shape index (κ2) is 35.3. The number of anilines is 1. The molecule has 5 aromatic carbocycles. The Kier molecular flexibility index (Phi) is 23.7. The van der Waals surface area contributed by atoms with Crippen LogP contribution in [0, 0.1) is 49.4 Å². The molecule has 9 heterocycles. The second-order valence-corrected chi connectivity index (χ2v) is 30.2. The van der Waals surface area contributed by atoms with Gasteiger partial charge in [-0.3, -0.25) is 0 Å². The van der Waals surface area contributed by atoms with Crippen molar-refractivity contribution in [3.63, 3.8) is 0 Å². The maximum atomic E-state index is 6.02. The first kappa shape index (κ1) is 73.4. The molecule has 0 atom stereocenters. The molecule has 4 aliphatic carbocycles. The van der Waals surface area contributed by atoms with Crippen molar-refractivity contribution >= 4 is 61.4 Å². The molecule has 18 rings (SSSR count). The molecule has 0 N–H and O–H groups in total. The third kappa shape index (κ3) is 17.6. The molecule has 0 spiro atoms. The molecule has 0 amide bonds. The van der Waals surface area contributed by atoms with Crippen LogP contribution in [0.5, 0.6) is 0 Å². The van der Waals surface area contributed by atoms with Crippen molar-refractivity contribution in [2.24, 2.45) is 0 Å². The third-order valence-corrected chi connectivity index (χ3v) is 22.8. The zero-order valence-corrected chi connectivity index (χ0v) is 63.1. The van der Waals surface area contributed by atoms with E-state index >= 15 is 0 Å². The van der Waals surface area contributed by atoms with Gasteiger partial charge in [-0.05, 0) is 157 Å². The minimum Gasteiger partial charge on any atom is -0.378 e. The number of nitrogens with zero attached hydrogens (tertiary/aromatic N) is 13. The van der Waals surface area contributed by atoms with Crippen molar-refractivity contribution in [2.75, 3.05) is 31.2 Å². The van der Waals surface area contributed by atoms with Crippen LogP contribution < -0.4 is 4.90 Å². The van der Waals surface area contributed by atoms with Crippen LogP contribution in [-0.4, -0.2) is 84.4 Å². The van der Waals surface area contributed by atoms with Crippen LogP contribution in [0.25, 0.3) is 55.3 Å². The number of terminal acetylenes is 4. The molecular formula is C94H94ClN13O. The number of morpholine rings is 1. The van der Waals surface area contributed by atoms with E-state index in [4.69, 9.17) is 52.0 Å². The van der Waals surface area contributed by atoms with E-state index in [1.165, 1.54) is 190 Å². The number of aromatic nitrogens is 12. The second-order valence-electron chi connectivity index (χ2n) is 29.8. The molecule has 14 nitrogen and oxygen atoms in total. The lowest BCUT2D eigenvalue weighted by molar-refractivity contribution is 0.122. The highest BCUT2D eigenvalue weighted by molar-refractivity contribution is 6.30. The van der Waals surface area contributed by atoms with E-state index in [-0.39, 0.29) is 0 Å². The average Bonchev–Trinajstić information content (AvgIpc) is 1.65. The van der Waals surface area contributed by atoms with Crippen LogP contribution in [0.1, 0.15) is 221 Å². The van der Waals surface area contributed by atoms with E-state index in [1.54, 1.807) is 0 Å². The Morgan fingerprint density at radius 2 is 0.624 bits per heavy atom. The lowest BCUT2D eigenvalue weighted by Crippen LogP contribution is -2.36. The Hall–Kier alpha value is -11.1. The number of fused-ring (bicyclic) bond motifs is 4. The number of hydrogen-bond acceptors (Lipinski definition) is 10. The molecule has 8 aromatic heterocycles. The van der Waals surface area contributed by atoms with Gasteiger partial charge < -0.3 is 27.9 Å². The van der Waals surface area contributed by atoms with Crippen LogP contribution in [0.2, 0.25) is 5.02 Å². The predicted octanol–water partition coefficient (Wildman–Crippen LogP) is 20.2. The predicted molar refractivity (Wildman–Crippen MR) is 441 cm³/mol. The number of hydrogen-bond donors (Lipinski definition) is 0. The molecule has 1 saturated heterocycles. The van der Waals surface area contributed by atoms with Crippen molar-refractivity contribution in [3.8, 4) is 60.5 Å². The molecule has 5 aliphatic rings. The van der Waals surface area contributed by atoms with Gasteiger partial charge in [0.15, 0.2) is 0 Å². The quantitative estimate of drug-likeness (QED) is 0.0968. The first-order valence-electron chi connectivity index (χ1n) is 39.4. The Balaban J connectivity index is 0.000000116. The average molecular weight is 1460 g/mol. The molecule has 0 unspecified atom stereocenters. The highest BCUT2D eigenvalue weighted by Gasteiger charge is 2.27. The number of rotatable bonds is 14. The molecular weight excluding hydrogens is 1360 g/mol. The monoisotopic (exact) mass is 1460 g/mol. The standard InChI is InChI=1S/C27H25N3.C25H28N4O.C21H20ClN3.C21H21N3/c1-2-26-28-19-23-18-25(30(27(23)29-26)24-11-7-4-8-12-24)17-20-13-15-22(16-14-20)21-9-5-3-6-10-21;1-2-24-26-18-20-17-23(29(25(20)27-24)22-6-4-3-5-7-22)16-19-8-10-21(11-9-19)28-12-14-30-15-13-28;1-2-20-23-14-16-13-19(12-15-8-10-17(22)11-9-15)25(21(16)24-20)18-6-4-3-5-7-18;1-2-20-22-15-17-14-19(13-16-9-5-3-6-10-16)24(21(17)23-20)18-11-7-4-8-12-18/h1,3,5-6,9-10,13-16,18-19,24H,4,7-8,11-12,17H2;1,8-11,17-18,22H,3-7,12-16H2;1,8-11,13-14,18H,3-7,12H2;1,3,5-6,9-10,14-15,18H,4,7-8,11-13H2. The molecule has 1 aliphatic heterocycles. The minimum absolute atomic E-state index is 0.459. The third-order valence-electron chi connectivity index (χ3n) is 22.6. The Bertz CT molecular complexity index is 5410. The van der Waals surface area contributed by atoms with Crippen molar-refractivity contribution in [1.29, 1.82) is 0 Å². The van der Waals surface area contributed by atoms with Crippen LogP contribution in [0.3, 0.4) is 0 Å². The molecule has 548 valence electrons. The van der Waals surface area contributed by atoms with Gasteiger partial charge in [-0.2, -0.15) is 0 Å². The summed E-state index contributed by atoms with van der Waals surface area (Å²) >= 11 is 6.02. The largest absolute Gasteiger partial charge is 0.378 e. The summed E-state index contributed by atoms with van der Waals surface area (Å²) in [5, 5.41) is 5.08. The Morgan fingerprint density at radius 1 is 0.339 bits per heavy atom. The number of benzene rings is 5. The van der Waals surface area contributed by atoms with Crippen molar-refractivity contribution < 1.29 is 4.74 Å². The van der Waals surface area contributed by atoms with E-state index in [0.717, 1.165) is 101 Å². The summed E-state index contributed by atoms with van der Waals surface area (Å²) in [4.78, 5) is 38.3. The van der Waals surface area contributed by atoms with Crippen LogP contribution in [-0.2, 0) is 30.4 Å². The van der Waals surface area contributed by atoms with E-state index in [2.05, 4.69) is 222 Å². The molecule has 109 heavy (non-hydrogen) atoms. The Labute approximate surface area is 646 Å². The molecule has 0 bridgehead atoms. The maximum Gasteiger partial charge on any atom is 0.206 e. The summed E-state index contributed by atoms with van der Waals surface area (Å²) in [5.41, 5.74) is 18.1. The summed E-state index contributed by atoms with van der Waals surface area (Å²) < 4.78 is 15.2. The molecule has 0 radical (unpaired) electrons. The molecule has 15 heteroatoms. The van der Waals surface area contributed by atoms with Gasteiger partial charge in [0.05, 0.1) is 13.2 Å². The summed E-state index contributed by atoms with van der Waals surface area (Å²) in [7, 11) is 0. The van der Waals surface area contributed by atoms with Crippen molar-refractivity contribution in [3.05, 3.63) is 256 Å². The van der Waals surface area contributed by atoms with Crippen molar-refractivity contribution in [2.45, 2.75) is 178 Å². The topological polar surface area (TPSA) is 135 Å². The zero-order chi connectivity index (χ0) is 74.3. The number of ether oxygens (including phenoxy) is 1. The fraction of sp³-hybridized carbons (Fsp3) is 0.340. The van der Waals surface area contributed by atoms with Gasteiger partial charge in [-0.25, -0.2) is 39.9 Å². The fourth-order valence-electron chi connectivity index (χ4n) is 17.2. The van der Waals surface area contributed by atoms with Crippen LogP contribution in [0.4, 0.5) is 5.69 Å². The fourth-order valence-corrected chi connectivity index (χ4v) is 17.3. The number of halogens is 1. The summed E-state index contributed by atoms with van der Waals surface area (Å²) in [6.07, 6.45) is 58.5. The highest BCUT2D eigenvalue weighted by Crippen LogP contribution is 2.39. The normalized spacial score (nSPS) is 15.9. The summed E-state index contributed by atoms with van der Waals surface area (Å²) in [5.74, 6) is 12.2. The van der Waals surface area contributed by atoms with E-state index < -0.39 is 0 Å². The zero-order valence-electron chi connectivity index (χ0n) is 62.3. The maximum absolute atomic E-state index is 6.02. The summed E-state index contributed by atoms with van der Waals surface area (Å²) in [6, 6.07) is 58.1. The summed E-state index contributed by atoms with van der Waals surface area (Å²) in [6.45, 7) is 3.55. The van der Waals surface area contributed by atoms with E-state index in [0.29, 0.717) is 47.5 Å². The van der Waals surface area contributed by atoms with Gasteiger partial charge in [-0.15, -0.1) is 25.7 Å². The highest BCUT2D eigenvalue weighted by atomic mass is 35.5. The SMILES string of the molecule is C#Cc1ncc2cc(Cc3ccc(-c4ccccc4)cc3)n(C3CCCCC3)c2n1.C#Cc1ncc2cc(Cc3ccc(Cl)cc3)n(C3CCCCC3)c2n1.C#Cc1ncc2cc(Cc3ccc(N4CCOCC4)cc3)n(C3CCCCC3)c2n1.C#Cc1ncc2cc(Cc3ccccc3)n(C3CCCCC3)c2n1. The smallest absolute Gasteiger partial charge is 0.206 e. The van der Waals surface area contributed by atoms with Gasteiger partial charge in [0.2, 0.25) is 23.3 Å². The first-order valence-corrected chi connectivity index (χ1v) is 39.8. The van der Waals surface area contributed by atoms with Gasteiger partial charge in [0.25, 0.3) is 0 Å². The lowest BCUT2D eigenvalue weighted by atomic mass is 9.95. The van der Waals surface area contributed by atoms with Crippen LogP contribution >= 0.6 is 11.6 Å².